The van der Waals surface area contributed by atoms with Crippen LogP contribution in [0.25, 0.3) is 21.9 Å². The number of aryl methyl sites for hydroxylation is 2. The Labute approximate surface area is 397 Å². The number of ether oxygens (including phenoxy) is 3. The van der Waals surface area contributed by atoms with Crippen LogP contribution in [0.15, 0.2) is 75.8 Å². The lowest BCUT2D eigenvalue weighted by Gasteiger charge is -2.33. The fourth-order valence-electron chi connectivity index (χ4n) is 7.64. The van der Waals surface area contributed by atoms with Crippen molar-refractivity contribution in [1.29, 1.82) is 0 Å². The number of nitrogen functional groups attached to an aromatic ring is 1. The molecule has 0 aromatic heterocycles. The van der Waals surface area contributed by atoms with Crippen LogP contribution in [0, 0.1) is 13.8 Å². The van der Waals surface area contributed by atoms with E-state index in [1.54, 1.807) is 12.1 Å². The van der Waals surface area contributed by atoms with Gasteiger partial charge in [-0.3, -0.25) is 43.6 Å². The second-order valence-corrected chi connectivity index (χ2v) is 17.1. The average molecular weight is 961 g/mol. The molecule has 0 radical (unpaired) electrons. The van der Waals surface area contributed by atoms with E-state index in [9.17, 15) is 37.8 Å². The molecule has 2 atom stereocenters. The number of aromatic hydroxyl groups is 1. The van der Waals surface area contributed by atoms with Crippen LogP contribution in [0.5, 0.6) is 5.75 Å². The third-order valence-electron chi connectivity index (χ3n) is 11.5. The van der Waals surface area contributed by atoms with Crippen LogP contribution in [0.2, 0.25) is 0 Å². The van der Waals surface area contributed by atoms with Crippen molar-refractivity contribution >= 4 is 75.8 Å². The summed E-state index contributed by atoms with van der Waals surface area (Å²) < 4.78 is 36.6. The summed E-state index contributed by atoms with van der Waals surface area (Å²) in [4.78, 5) is 68.5. The molecule has 4 aromatic rings. The number of azo groups is 1. The standard InChI is InChI=1S/C46H60N10O11S/c1-32-23-34(35-7-11-39(33(2)24-35)51-52-40-12-8-36-42(68(63)64)13-9-37(48)44(36)45(40)61)6-10-38(32)50-46(62)41(5-3-4-14-47)49-43(60)25-53-15-17-54(26-65-29-57)19-21-56(28-67-31-59)22-20-55(18-16-53)27-66-30-58/h6-13,23-24,29-31,41,61H,3-5,14-22,25-28,47-48H2,1-2H3,(H,49,60)(H,50,62)(H,63,64). The molecule has 0 aliphatic carbocycles. The maximum absolute atomic E-state index is 13.9. The van der Waals surface area contributed by atoms with Crippen LogP contribution in [-0.2, 0) is 49.3 Å². The normalized spacial score (nSPS) is 15.7. The van der Waals surface area contributed by atoms with E-state index in [0.29, 0.717) is 114 Å². The quantitative estimate of drug-likeness (QED) is 0.0164. The highest BCUT2D eigenvalue weighted by atomic mass is 32.2. The minimum absolute atomic E-state index is 0.0205. The number of anilines is 2. The Morgan fingerprint density at radius 2 is 1.28 bits per heavy atom. The molecule has 0 spiro atoms. The van der Waals surface area contributed by atoms with Crippen LogP contribution in [-0.4, -0.2) is 156 Å². The maximum atomic E-state index is 13.9. The summed E-state index contributed by atoms with van der Waals surface area (Å²) >= 11 is -2.29. The fraction of sp³-hybridized carbons (Fsp3) is 0.413. The number of phenolic OH excluding ortho intramolecular Hbond substituents is 1. The van der Waals surface area contributed by atoms with Crippen molar-refractivity contribution < 1.29 is 52.1 Å². The molecular formula is C46H60N10O11S. The molecule has 2 amide bonds. The Hall–Kier alpha value is -6.40. The van der Waals surface area contributed by atoms with Crippen molar-refractivity contribution in [1.82, 2.24) is 24.9 Å². The molecule has 1 saturated heterocycles. The van der Waals surface area contributed by atoms with Gasteiger partial charge < -0.3 is 46.0 Å². The second kappa shape index (κ2) is 26.8. The smallest absolute Gasteiger partial charge is 0.294 e. The predicted molar refractivity (Wildman–Crippen MR) is 255 cm³/mol. The molecule has 0 bridgehead atoms. The zero-order chi connectivity index (χ0) is 49.0. The summed E-state index contributed by atoms with van der Waals surface area (Å²) in [6, 6.07) is 16.3. The van der Waals surface area contributed by atoms with E-state index in [0.717, 1.165) is 22.3 Å². The maximum Gasteiger partial charge on any atom is 0.294 e. The van der Waals surface area contributed by atoms with Crippen LogP contribution < -0.4 is 22.1 Å². The summed E-state index contributed by atoms with van der Waals surface area (Å²) in [5.41, 5.74) is 16.7. The van der Waals surface area contributed by atoms with Gasteiger partial charge in [-0.15, -0.1) is 5.11 Å². The van der Waals surface area contributed by atoms with Gasteiger partial charge in [-0.25, -0.2) is 4.21 Å². The SMILES string of the molecule is Cc1cc(-c2ccc(NC(=O)C(CCCCN)NC(=O)CN3CCN(COC=O)CCN(COC=O)CCN(COC=O)CC3)c(C)c2)ccc1N=Nc1ccc2c(S(=O)O)ccc(N)c2c1O. The van der Waals surface area contributed by atoms with E-state index in [4.69, 9.17) is 25.7 Å². The number of hydrogen-bond donors (Lipinski definition) is 6. The van der Waals surface area contributed by atoms with Gasteiger partial charge in [-0.2, -0.15) is 5.11 Å². The van der Waals surface area contributed by atoms with Crippen LogP contribution in [0.4, 0.5) is 22.7 Å². The zero-order valence-electron chi connectivity index (χ0n) is 38.2. The Bertz CT molecular complexity index is 2400. The van der Waals surface area contributed by atoms with E-state index in [1.807, 2.05) is 63.8 Å². The Kier molecular flexibility index (Phi) is 20.7. The van der Waals surface area contributed by atoms with Gasteiger partial charge >= 0.3 is 0 Å². The number of nitrogens with two attached hydrogens (primary N) is 2. The lowest BCUT2D eigenvalue weighted by atomic mass is 10.00. The van der Waals surface area contributed by atoms with Crippen molar-refractivity contribution in [3.8, 4) is 16.9 Å². The summed E-state index contributed by atoms with van der Waals surface area (Å²) in [6.07, 6.45) is 1.62. The molecule has 22 heteroatoms. The summed E-state index contributed by atoms with van der Waals surface area (Å²) in [6.45, 7) is 8.85. The summed E-state index contributed by atoms with van der Waals surface area (Å²) in [5, 5.41) is 26.1. The zero-order valence-corrected chi connectivity index (χ0v) is 39.0. The molecule has 1 aliphatic heterocycles. The number of phenols is 1. The van der Waals surface area contributed by atoms with Gasteiger partial charge in [0.15, 0.2) is 16.8 Å². The first-order valence-corrected chi connectivity index (χ1v) is 23.1. The van der Waals surface area contributed by atoms with E-state index >= 15 is 0 Å². The number of amides is 2. The van der Waals surface area contributed by atoms with Crippen LogP contribution in [0.3, 0.4) is 0 Å². The molecule has 5 rings (SSSR count). The molecule has 0 saturated carbocycles. The van der Waals surface area contributed by atoms with Gasteiger partial charge in [0.25, 0.3) is 19.4 Å². The molecule has 4 aromatic carbocycles. The van der Waals surface area contributed by atoms with E-state index in [-0.39, 0.29) is 66.0 Å². The first-order valence-electron chi connectivity index (χ1n) is 22.0. The number of nitrogens with one attached hydrogen (secondary N) is 2. The van der Waals surface area contributed by atoms with Gasteiger partial charge in [0.1, 0.15) is 31.9 Å². The Morgan fingerprint density at radius 1 is 0.750 bits per heavy atom. The molecule has 1 aliphatic rings. The number of nitrogens with zero attached hydrogens (tertiary/aromatic N) is 6. The van der Waals surface area contributed by atoms with Crippen molar-refractivity contribution in [2.75, 3.05) is 96.7 Å². The number of carbonyl (C=O) groups is 5. The van der Waals surface area contributed by atoms with Gasteiger partial charge in [-0.05, 0) is 104 Å². The first kappa shape index (κ1) is 52.6. The number of unbranched alkanes of at least 4 members (excludes halogenated alkanes) is 1. The Morgan fingerprint density at radius 3 is 1.81 bits per heavy atom. The van der Waals surface area contributed by atoms with E-state index in [2.05, 4.69) is 20.9 Å². The number of fused-ring (bicyclic) bond motifs is 1. The van der Waals surface area contributed by atoms with Crippen molar-refractivity contribution in [3.05, 3.63) is 71.8 Å². The fourth-order valence-corrected chi connectivity index (χ4v) is 8.19. The molecular weight excluding hydrogens is 901 g/mol. The number of carbonyl (C=O) groups excluding carboxylic acids is 5. The summed E-state index contributed by atoms with van der Waals surface area (Å²) in [7, 11) is 0. The molecule has 1 heterocycles. The topological polar surface area (TPSA) is 284 Å². The number of benzene rings is 4. The highest BCUT2D eigenvalue weighted by Crippen LogP contribution is 2.41. The van der Waals surface area contributed by atoms with Crippen molar-refractivity contribution in [2.24, 2.45) is 16.0 Å². The van der Waals surface area contributed by atoms with Crippen molar-refractivity contribution in [2.45, 2.75) is 44.0 Å². The third kappa shape index (κ3) is 15.3. The Balaban J connectivity index is 1.26. The predicted octanol–water partition coefficient (Wildman–Crippen LogP) is 3.57. The highest BCUT2D eigenvalue weighted by Gasteiger charge is 2.24. The van der Waals surface area contributed by atoms with Crippen LogP contribution >= 0.6 is 0 Å². The first-order chi connectivity index (χ1) is 32.8. The molecule has 1 fully saturated rings. The average Bonchev–Trinajstić information content (AvgIpc) is 3.31. The van der Waals surface area contributed by atoms with Gasteiger partial charge in [-0.1, -0.05) is 18.2 Å². The lowest BCUT2D eigenvalue weighted by Crippen LogP contribution is -2.51. The van der Waals surface area contributed by atoms with E-state index < -0.39 is 17.1 Å². The van der Waals surface area contributed by atoms with Gasteiger partial charge in [0.05, 0.1) is 22.5 Å². The number of rotatable bonds is 22. The van der Waals surface area contributed by atoms with Gasteiger partial charge in [0, 0.05) is 69.1 Å². The molecule has 2 unspecified atom stereocenters. The highest BCUT2D eigenvalue weighted by molar-refractivity contribution is 7.79. The summed E-state index contributed by atoms with van der Waals surface area (Å²) in [5.74, 6) is -1.01. The molecule has 68 heavy (non-hydrogen) atoms. The van der Waals surface area contributed by atoms with Crippen LogP contribution in [0.1, 0.15) is 30.4 Å². The number of hydrogen-bond acceptors (Lipinski definition) is 18. The third-order valence-corrected chi connectivity index (χ3v) is 12.2. The molecule has 8 N–H and O–H groups in total. The minimum atomic E-state index is -2.29. The van der Waals surface area contributed by atoms with Gasteiger partial charge in [0.2, 0.25) is 11.8 Å². The minimum Gasteiger partial charge on any atom is -0.505 e. The lowest BCUT2D eigenvalue weighted by molar-refractivity contribution is -0.136. The molecule has 366 valence electrons. The second-order valence-electron chi connectivity index (χ2n) is 16.2. The van der Waals surface area contributed by atoms with E-state index in [1.165, 1.54) is 18.2 Å². The largest absolute Gasteiger partial charge is 0.505 e. The molecule has 21 nitrogen and oxygen atoms in total. The van der Waals surface area contributed by atoms with Crippen molar-refractivity contribution in [3.63, 3.8) is 0 Å². The monoisotopic (exact) mass is 960 g/mol.